The maximum absolute atomic E-state index is 2.26. The highest BCUT2D eigenvalue weighted by atomic mass is 14.9. The van der Waals surface area contributed by atoms with Crippen LogP contribution in [0.3, 0.4) is 0 Å². The largest absolute Gasteiger partial charge is 0.357 e. The highest BCUT2D eigenvalue weighted by molar-refractivity contribution is 5.84. The Balaban J connectivity index is 0.000000185. The molecule has 0 amide bonds. The molecule has 0 radical (unpaired) electrons. The molecule has 24 heavy (non-hydrogen) atoms. The summed E-state index contributed by atoms with van der Waals surface area (Å²) in [6.07, 6.45) is 6.49. The van der Waals surface area contributed by atoms with Crippen LogP contribution < -0.4 is 0 Å². The Bertz CT molecular complexity index is 804. The topological polar surface area (TPSA) is 9.86 Å². The zero-order valence-corrected chi connectivity index (χ0v) is 16.5. The van der Waals surface area contributed by atoms with Crippen molar-refractivity contribution >= 4 is 10.9 Å². The number of rotatable bonds is 0. The molecule has 130 valence electrons. The van der Waals surface area contributed by atoms with Gasteiger partial charge in [0.25, 0.3) is 0 Å². The van der Waals surface area contributed by atoms with Gasteiger partial charge in [-0.3, -0.25) is 0 Å². The summed E-state index contributed by atoms with van der Waals surface area (Å²) in [5.41, 5.74) is 4.66. The van der Waals surface area contributed by atoms with Crippen LogP contribution >= 0.6 is 0 Å². The van der Waals surface area contributed by atoms with Crippen LogP contribution in [0.25, 0.3) is 10.9 Å². The zero-order valence-electron chi connectivity index (χ0n) is 16.5. The maximum atomic E-state index is 2.26. The van der Waals surface area contributed by atoms with E-state index in [4.69, 9.17) is 0 Å². The van der Waals surface area contributed by atoms with Gasteiger partial charge in [0, 0.05) is 43.6 Å². The molecule has 0 atom stereocenters. The minimum absolute atomic E-state index is 0.223. The highest BCUT2D eigenvalue weighted by Gasteiger charge is 2.18. The smallest absolute Gasteiger partial charge is 0.0480 e. The number of nitrogens with zero attached hydrogens (tertiary/aromatic N) is 2. The van der Waals surface area contributed by atoms with Crippen molar-refractivity contribution in [2.24, 2.45) is 14.1 Å². The Labute approximate surface area is 147 Å². The second-order valence-electron chi connectivity index (χ2n) is 8.74. The molecule has 2 heterocycles. The molecule has 0 fully saturated rings. The van der Waals surface area contributed by atoms with E-state index in [-0.39, 0.29) is 5.41 Å². The fourth-order valence-corrected chi connectivity index (χ4v) is 2.89. The van der Waals surface area contributed by atoms with Crippen LogP contribution in [-0.4, -0.2) is 9.13 Å². The first-order chi connectivity index (χ1) is 11.0. The molecule has 2 heteroatoms. The van der Waals surface area contributed by atoms with E-state index in [9.17, 15) is 0 Å². The Morgan fingerprint density at radius 3 is 1.83 bits per heavy atom. The standard InChI is InChI=1S/C13H17N.C9H15N/c1-13(2,3)11-9-14(4)12-8-6-5-7-10(11)12;1-9(2,3)8-5-6-10(4)7-8/h5-9H,1-4H3;5-7H,1-4H3. The second kappa shape index (κ2) is 6.51. The maximum Gasteiger partial charge on any atom is 0.0480 e. The van der Waals surface area contributed by atoms with Crippen LogP contribution in [0.1, 0.15) is 52.7 Å². The molecular formula is C22H32N2. The van der Waals surface area contributed by atoms with Gasteiger partial charge in [-0.25, -0.2) is 0 Å². The molecule has 0 aliphatic carbocycles. The molecule has 0 aliphatic rings. The van der Waals surface area contributed by atoms with Crippen LogP contribution in [0.15, 0.2) is 48.9 Å². The van der Waals surface area contributed by atoms with Gasteiger partial charge in [0.2, 0.25) is 0 Å². The van der Waals surface area contributed by atoms with Crippen LogP contribution in [0, 0.1) is 0 Å². The Kier molecular flexibility index (Phi) is 4.98. The second-order valence-corrected chi connectivity index (χ2v) is 8.74. The summed E-state index contributed by atoms with van der Waals surface area (Å²) >= 11 is 0. The lowest BCUT2D eigenvalue weighted by Crippen LogP contribution is -2.10. The fourth-order valence-electron chi connectivity index (χ4n) is 2.89. The van der Waals surface area contributed by atoms with Crippen LogP contribution in [-0.2, 0) is 24.9 Å². The number of aryl methyl sites for hydroxylation is 2. The molecular weight excluding hydrogens is 292 g/mol. The van der Waals surface area contributed by atoms with Crippen molar-refractivity contribution < 1.29 is 0 Å². The molecule has 2 nitrogen and oxygen atoms in total. The molecule has 0 unspecified atom stereocenters. The van der Waals surface area contributed by atoms with E-state index in [0.29, 0.717) is 5.41 Å². The first-order valence-corrected chi connectivity index (χ1v) is 8.67. The van der Waals surface area contributed by atoms with Crippen LogP contribution in [0.2, 0.25) is 0 Å². The van der Waals surface area contributed by atoms with Gasteiger partial charge in [-0.15, -0.1) is 0 Å². The van der Waals surface area contributed by atoms with Crippen molar-refractivity contribution in [1.29, 1.82) is 0 Å². The molecule has 0 spiro atoms. The summed E-state index contributed by atoms with van der Waals surface area (Å²) in [5, 5.41) is 1.38. The SMILES string of the molecule is Cn1cc(C(C)(C)C)c2ccccc21.Cn1ccc(C(C)(C)C)c1. The highest BCUT2D eigenvalue weighted by Crippen LogP contribution is 2.30. The first kappa shape index (κ1) is 18.4. The van der Waals surface area contributed by atoms with Crippen molar-refractivity contribution in [3.05, 3.63) is 60.0 Å². The van der Waals surface area contributed by atoms with Gasteiger partial charge >= 0.3 is 0 Å². The van der Waals surface area contributed by atoms with Crippen LogP contribution in [0.4, 0.5) is 0 Å². The number of aromatic nitrogens is 2. The van der Waals surface area contributed by atoms with Crippen molar-refractivity contribution in [2.75, 3.05) is 0 Å². The lowest BCUT2D eigenvalue weighted by atomic mass is 9.87. The van der Waals surface area contributed by atoms with Crippen molar-refractivity contribution in [1.82, 2.24) is 9.13 Å². The third-order valence-electron chi connectivity index (χ3n) is 4.40. The lowest BCUT2D eigenvalue weighted by molar-refractivity contribution is 0.589. The summed E-state index contributed by atoms with van der Waals surface area (Å²) in [6.45, 7) is 13.4. The van der Waals surface area contributed by atoms with Gasteiger partial charge in [-0.1, -0.05) is 59.7 Å². The van der Waals surface area contributed by atoms with E-state index in [1.54, 1.807) is 0 Å². The lowest BCUT2D eigenvalue weighted by Gasteiger charge is -2.17. The normalized spacial score (nSPS) is 12.2. The van der Waals surface area contributed by atoms with E-state index >= 15 is 0 Å². The molecule has 2 aromatic heterocycles. The van der Waals surface area contributed by atoms with Gasteiger partial charge in [-0.2, -0.15) is 0 Å². The first-order valence-electron chi connectivity index (χ1n) is 8.67. The summed E-state index contributed by atoms with van der Waals surface area (Å²) in [4.78, 5) is 0. The number of hydrogen-bond acceptors (Lipinski definition) is 0. The van der Waals surface area contributed by atoms with E-state index in [2.05, 4.69) is 114 Å². The summed E-state index contributed by atoms with van der Waals surface area (Å²) in [5.74, 6) is 0. The van der Waals surface area contributed by atoms with Crippen molar-refractivity contribution in [2.45, 2.75) is 52.4 Å². The van der Waals surface area contributed by atoms with E-state index in [1.165, 1.54) is 22.0 Å². The molecule has 0 N–H and O–H groups in total. The Hall–Kier alpha value is -1.96. The molecule has 1 aromatic carbocycles. The van der Waals surface area contributed by atoms with Gasteiger partial charge in [0.15, 0.2) is 0 Å². The third-order valence-corrected chi connectivity index (χ3v) is 4.40. The number of para-hydroxylation sites is 1. The van der Waals surface area contributed by atoms with Gasteiger partial charge in [0.1, 0.15) is 0 Å². The average Bonchev–Trinajstić information content (AvgIpc) is 3.04. The molecule has 0 bridgehead atoms. The minimum Gasteiger partial charge on any atom is -0.357 e. The fraction of sp³-hybridized carbons (Fsp3) is 0.455. The average molecular weight is 325 g/mol. The van der Waals surface area contributed by atoms with Crippen LogP contribution in [0.5, 0.6) is 0 Å². The molecule has 3 aromatic rings. The molecule has 3 rings (SSSR count). The number of fused-ring (bicyclic) bond motifs is 1. The predicted octanol–water partition coefficient (Wildman–Crippen LogP) is 5.80. The Morgan fingerprint density at radius 1 is 0.750 bits per heavy atom. The molecule has 0 saturated heterocycles. The van der Waals surface area contributed by atoms with Crippen molar-refractivity contribution in [3.63, 3.8) is 0 Å². The monoisotopic (exact) mass is 324 g/mol. The quantitative estimate of drug-likeness (QED) is 0.495. The molecule has 0 aliphatic heterocycles. The predicted molar refractivity (Wildman–Crippen MR) is 106 cm³/mol. The van der Waals surface area contributed by atoms with Gasteiger partial charge in [-0.05, 0) is 34.1 Å². The van der Waals surface area contributed by atoms with E-state index < -0.39 is 0 Å². The summed E-state index contributed by atoms with van der Waals surface area (Å²) in [6, 6.07) is 10.7. The van der Waals surface area contributed by atoms with E-state index in [1.807, 2.05) is 0 Å². The summed E-state index contributed by atoms with van der Waals surface area (Å²) < 4.78 is 4.29. The van der Waals surface area contributed by atoms with Gasteiger partial charge in [0.05, 0.1) is 0 Å². The van der Waals surface area contributed by atoms with Crippen molar-refractivity contribution in [3.8, 4) is 0 Å². The third kappa shape index (κ3) is 4.11. The van der Waals surface area contributed by atoms with Gasteiger partial charge < -0.3 is 9.13 Å². The number of hydrogen-bond donors (Lipinski definition) is 0. The molecule has 0 saturated carbocycles. The zero-order chi connectivity index (χ0) is 18.1. The Morgan fingerprint density at radius 2 is 1.38 bits per heavy atom. The van der Waals surface area contributed by atoms with E-state index in [0.717, 1.165) is 0 Å². The summed E-state index contributed by atoms with van der Waals surface area (Å²) in [7, 11) is 4.16. The minimum atomic E-state index is 0.223. The number of benzene rings is 1.